The molecule has 0 radical (unpaired) electrons. The molecule has 2 atom stereocenters. The van der Waals surface area contributed by atoms with Crippen LogP contribution in [0.3, 0.4) is 0 Å². The van der Waals surface area contributed by atoms with Crippen LogP contribution >= 0.6 is 0 Å². The number of nitrogens with one attached hydrogen (secondary N) is 2. The second-order valence-electron chi connectivity index (χ2n) is 8.12. The maximum atomic E-state index is 12.1. The summed E-state index contributed by atoms with van der Waals surface area (Å²) in [5, 5.41) is 15.3. The quantitative estimate of drug-likeness (QED) is 0.698. The molecule has 4 saturated carbocycles. The highest BCUT2D eigenvalue weighted by Crippen LogP contribution is 2.56. The SMILES string of the molecule is O=C(NCC1C2CC3CC(C2)CC1C3)N[C@@H]1C=C[C@H](CO)C1. The van der Waals surface area contributed by atoms with Gasteiger partial charge in [-0.25, -0.2) is 4.79 Å². The molecule has 0 aliphatic heterocycles. The second kappa shape index (κ2) is 5.88. The van der Waals surface area contributed by atoms with Crippen LogP contribution in [0.15, 0.2) is 12.2 Å². The predicted molar refractivity (Wildman–Crippen MR) is 85.2 cm³/mol. The smallest absolute Gasteiger partial charge is 0.315 e. The molecule has 0 unspecified atom stereocenters. The third-order valence-corrected chi connectivity index (χ3v) is 6.64. The van der Waals surface area contributed by atoms with E-state index in [-0.39, 0.29) is 24.6 Å². The third kappa shape index (κ3) is 2.78. The predicted octanol–water partition coefficient (Wildman–Crippen LogP) is 2.29. The average Bonchev–Trinajstić information content (AvgIpc) is 2.93. The van der Waals surface area contributed by atoms with Crippen LogP contribution in [-0.2, 0) is 0 Å². The largest absolute Gasteiger partial charge is 0.396 e. The number of aliphatic hydroxyl groups excluding tert-OH is 1. The fraction of sp³-hybridized carbons (Fsp3) is 0.833. The molecule has 0 aromatic heterocycles. The highest BCUT2D eigenvalue weighted by molar-refractivity contribution is 5.74. The zero-order valence-electron chi connectivity index (χ0n) is 13.2. The number of urea groups is 1. The van der Waals surface area contributed by atoms with Gasteiger partial charge >= 0.3 is 6.03 Å². The van der Waals surface area contributed by atoms with E-state index in [0.29, 0.717) is 5.92 Å². The number of carbonyl (C=O) groups is 1. The number of hydrogen-bond donors (Lipinski definition) is 3. The first-order valence-electron chi connectivity index (χ1n) is 9.04. The van der Waals surface area contributed by atoms with Gasteiger partial charge in [-0.1, -0.05) is 12.2 Å². The van der Waals surface area contributed by atoms with Crippen molar-refractivity contribution >= 4 is 6.03 Å². The van der Waals surface area contributed by atoms with Crippen molar-refractivity contribution in [1.29, 1.82) is 0 Å². The van der Waals surface area contributed by atoms with Crippen LogP contribution in [0.5, 0.6) is 0 Å². The average molecular weight is 304 g/mol. The Hall–Kier alpha value is -1.03. The van der Waals surface area contributed by atoms with E-state index in [1.54, 1.807) is 0 Å². The van der Waals surface area contributed by atoms with Crippen molar-refractivity contribution in [2.24, 2.45) is 35.5 Å². The lowest BCUT2D eigenvalue weighted by Crippen LogP contribution is -2.50. The summed E-state index contributed by atoms with van der Waals surface area (Å²) in [7, 11) is 0. The topological polar surface area (TPSA) is 61.4 Å². The van der Waals surface area contributed by atoms with Crippen molar-refractivity contribution in [1.82, 2.24) is 10.6 Å². The van der Waals surface area contributed by atoms with E-state index in [1.165, 1.54) is 32.1 Å². The molecule has 0 aromatic carbocycles. The normalized spacial score (nSPS) is 45.2. The van der Waals surface area contributed by atoms with E-state index in [2.05, 4.69) is 10.6 Å². The standard InChI is InChI=1S/C18H28N2O2/c21-10-11-1-2-16(8-11)20-18(22)19-9-17-14-4-12-3-13(6-14)7-15(17)5-12/h1-2,11-17,21H,3-10H2,(H2,19,20,22)/t11-,12?,13?,14?,15?,16+,17?/m0/s1. The summed E-state index contributed by atoms with van der Waals surface area (Å²) in [6, 6.07) is 0.0395. The van der Waals surface area contributed by atoms with Crippen molar-refractivity contribution < 1.29 is 9.90 Å². The van der Waals surface area contributed by atoms with Crippen LogP contribution in [0, 0.1) is 35.5 Å². The van der Waals surface area contributed by atoms with Gasteiger partial charge in [0.15, 0.2) is 0 Å². The van der Waals surface area contributed by atoms with E-state index < -0.39 is 0 Å². The Morgan fingerprint density at radius 3 is 2.27 bits per heavy atom. The zero-order chi connectivity index (χ0) is 15.1. The van der Waals surface area contributed by atoms with Crippen molar-refractivity contribution in [3.8, 4) is 0 Å². The van der Waals surface area contributed by atoms with Gasteiger partial charge in [0.25, 0.3) is 0 Å². The van der Waals surface area contributed by atoms with Gasteiger partial charge < -0.3 is 15.7 Å². The van der Waals surface area contributed by atoms with Crippen LogP contribution in [0.4, 0.5) is 4.79 Å². The van der Waals surface area contributed by atoms with Crippen LogP contribution in [0.1, 0.15) is 38.5 Å². The number of amides is 2. The summed E-state index contributed by atoms with van der Waals surface area (Å²) in [6.07, 6.45) is 11.9. The summed E-state index contributed by atoms with van der Waals surface area (Å²) in [5.74, 6) is 4.62. The summed E-state index contributed by atoms with van der Waals surface area (Å²) in [4.78, 5) is 12.1. The maximum Gasteiger partial charge on any atom is 0.315 e. The minimum Gasteiger partial charge on any atom is -0.396 e. The van der Waals surface area contributed by atoms with Crippen LogP contribution in [0.25, 0.3) is 0 Å². The van der Waals surface area contributed by atoms with E-state index in [9.17, 15) is 4.79 Å². The van der Waals surface area contributed by atoms with Gasteiger partial charge in [-0.15, -0.1) is 0 Å². The number of aliphatic hydroxyl groups is 1. The Labute approximate surface area is 132 Å². The molecule has 2 amide bonds. The summed E-state index contributed by atoms with van der Waals surface area (Å²) in [6.45, 7) is 1.02. The first-order valence-corrected chi connectivity index (χ1v) is 9.04. The number of rotatable bonds is 4. The van der Waals surface area contributed by atoms with E-state index in [4.69, 9.17) is 5.11 Å². The molecule has 0 heterocycles. The number of carbonyl (C=O) groups excluding carboxylic acids is 1. The van der Waals surface area contributed by atoms with E-state index in [1.807, 2.05) is 12.2 Å². The molecule has 4 fully saturated rings. The lowest BCUT2D eigenvalue weighted by atomic mass is 9.52. The lowest BCUT2D eigenvalue weighted by Gasteiger charge is -2.54. The first kappa shape index (κ1) is 14.6. The Morgan fingerprint density at radius 1 is 1.00 bits per heavy atom. The van der Waals surface area contributed by atoms with Gasteiger partial charge in [0.1, 0.15) is 0 Å². The molecule has 3 N–H and O–H groups in total. The minimum absolute atomic E-state index is 0.0398. The molecule has 22 heavy (non-hydrogen) atoms. The van der Waals surface area contributed by atoms with Gasteiger partial charge in [-0.2, -0.15) is 0 Å². The van der Waals surface area contributed by atoms with Gasteiger partial charge in [0.05, 0.1) is 0 Å². The molecule has 4 heteroatoms. The molecule has 4 bridgehead atoms. The molecule has 0 aromatic rings. The van der Waals surface area contributed by atoms with Crippen LogP contribution in [0.2, 0.25) is 0 Å². The molecule has 0 spiro atoms. The summed E-state index contributed by atoms with van der Waals surface area (Å²) >= 11 is 0. The molecule has 0 saturated heterocycles. The number of hydrogen-bond acceptors (Lipinski definition) is 2. The molecule has 5 aliphatic carbocycles. The second-order valence-corrected chi connectivity index (χ2v) is 8.12. The Bertz CT molecular complexity index is 434. The van der Waals surface area contributed by atoms with Crippen molar-refractivity contribution in [2.75, 3.05) is 13.2 Å². The van der Waals surface area contributed by atoms with Crippen molar-refractivity contribution in [2.45, 2.75) is 44.6 Å². The highest BCUT2D eigenvalue weighted by Gasteiger charge is 2.47. The Kier molecular flexibility index (Phi) is 3.89. The van der Waals surface area contributed by atoms with Crippen molar-refractivity contribution in [3.05, 3.63) is 12.2 Å². The fourth-order valence-corrected chi connectivity index (χ4v) is 5.82. The minimum atomic E-state index is -0.0398. The van der Waals surface area contributed by atoms with Gasteiger partial charge in [-0.05, 0) is 68.1 Å². The molecular formula is C18H28N2O2. The zero-order valence-corrected chi connectivity index (χ0v) is 13.2. The molecular weight excluding hydrogens is 276 g/mol. The Morgan fingerprint density at radius 2 is 1.68 bits per heavy atom. The summed E-state index contributed by atoms with van der Waals surface area (Å²) in [5.41, 5.74) is 0. The van der Waals surface area contributed by atoms with Crippen LogP contribution < -0.4 is 10.6 Å². The van der Waals surface area contributed by atoms with Gasteiger partial charge in [0, 0.05) is 25.1 Å². The molecule has 4 nitrogen and oxygen atoms in total. The van der Waals surface area contributed by atoms with E-state index >= 15 is 0 Å². The third-order valence-electron chi connectivity index (χ3n) is 6.64. The molecule has 5 rings (SSSR count). The molecule has 5 aliphatic rings. The first-order chi connectivity index (χ1) is 10.7. The fourth-order valence-electron chi connectivity index (χ4n) is 5.82. The maximum absolute atomic E-state index is 12.1. The monoisotopic (exact) mass is 304 g/mol. The Balaban J connectivity index is 1.25. The van der Waals surface area contributed by atoms with Gasteiger partial charge in [0.2, 0.25) is 0 Å². The van der Waals surface area contributed by atoms with Crippen molar-refractivity contribution in [3.63, 3.8) is 0 Å². The van der Waals surface area contributed by atoms with E-state index in [0.717, 1.165) is 36.6 Å². The van der Waals surface area contributed by atoms with Gasteiger partial charge in [-0.3, -0.25) is 0 Å². The molecule has 122 valence electrons. The van der Waals surface area contributed by atoms with Crippen LogP contribution in [-0.4, -0.2) is 30.3 Å². The lowest BCUT2D eigenvalue weighted by molar-refractivity contribution is -0.0343. The summed E-state index contributed by atoms with van der Waals surface area (Å²) < 4.78 is 0. The highest BCUT2D eigenvalue weighted by atomic mass is 16.3.